The SMILES string of the molecule is Cc1ccc(NC(=O)Nc2ccc(N3CCC(C)CC3)c(C(=O)NC3CC3)c2)cc1Cl. The number of carbonyl (C=O) groups is 2. The summed E-state index contributed by atoms with van der Waals surface area (Å²) in [7, 11) is 0. The van der Waals surface area contributed by atoms with Crippen molar-refractivity contribution in [3.05, 3.63) is 52.5 Å². The van der Waals surface area contributed by atoms with Crippen LogP contribution in [0.2, 0.25) is 5.02 Å². The Kier molecular flexibility index (Phi) is 6.37. The van der Waals surface area contributed by atoms with Crippen LogP contribution >= 0.6 is 11.6 Å². The quantitative estimate of drug-likeness (QED) is 0.581. The fraction of sp³-hybridized carbons (Fsp3) is 0.417. The summed E-state index contributed by atoms with van der Waals surface area (Å²) in [5, 5.41) is 9.30. The first-order valence-electron chi connectivity index (χ1n) is 10.9. The number of hydrogen-bond donors (Lipinski definition) is 3. The molecule has 164 valence electrons. The van der Waals surface area contributed by atoms with Gasteiger partial charge in [0.15, 0.2) is 0 Å². The Morgan fingerprint density at radius 1 is 0.968 bits per heavy atom. The second-order valence-electron chi connectivity index (χ2n) is 8.69. The summed E-state index contributed by atoms with van der Waals surface area (Å²) in [6.07, 6.45) is 4.29. The number of nitrogens with one attached hydrogen (secondary N) is 3. The number of piperidine rings is 1. The van der Waals surface area contributed by atoms with Crippen molar-refractivity contribution in [2.75, 3.05) is 28.6 Å². The van der Waals surface area contributed by atoms with Crippen molar-refractivity contribution in [2.24, 2.45) is 5.92 Å². The lowest BCUT2D eigenvalue weighted by Crippen LogP contribution is -2.35. The minimum atomic E-state index is -0.381. The van der Waals surface area contributed by atoms with Crippen molar-refractivity contribution in [1.29, 1.82) is 0 Å². The highest BCUT2D eigenvalue weighted by Crippen LogP contribution is 2.30. The van der Waals surface area contributed by atoms with E-state index in [1.807, 2.05) is 25.1 Å². The Hall–Kier alpha value is -2.73. The van der Waals surface area contributed by atoms with Crippen LogP contribution in [-0.4, -0.2) is 31.1 Å². The van der Waals surface area contributed by atoms with E-state index < -0.39 is 0 Å². The van der Waals surface area contributed by atoms with Gasteiger partial charge in [0.2, 0.25) is 0 Å². The molecule has 0 spiro atoms. The lowest BCUT2D eigenvalue weighted by Gasteiger charge is -2.33. The van der Waals surface area contributed by atoms with Crippen molar-refractivity contribution in [3.63, 3.8) is 0 Å². The average molecular weight is 441 g/mol. The van der Waals surface area contributed by atoms with Gasteiger partial charge in [-0.1, -0.05) is 24.6 Å². The molecule has 0 atom stereocenters. The second kappa shape index (κ2) is 9.18. The number of amides is 3. The van der Waals surface area contributed by atoms with Crippen molar-refractivity contribution in [1.82, 2.24) is 5.32 Å². The van der Waals surface area contributed by atoms with Gasteiger partial charge in [0.1, 0.15) is 0 Å². The Morgan fingerprint density at radius 2 is 1.61 bits per heavy atom. The maximum Gasteiger partial charge on any atom is 0.323 e. The molecule has 0 unspecified atom stereocenters. The van der Waals surface area contributed by atoms with Gasteiger partial charge in [-0.3, -0.25) is 4.79 Å². The number of nitrogens with zero attached hydrogens (tertiary/aromatic N) is 1. The van der Waals surface area contributed by atoms with Gasteiger partial charge in [0.25, 0.3) is 5.91 Å². The van der Waals surface area contributed by atoms with Crippen molar-refractivity contribution in [3.8, 4) is 0 Å². The Balaban J connectivity index is 1.51. The van der Waals surface area contributed by atoms with E-state index in [4.69, 9.17) is 11.6 Å². The maximum atomic E-state index is 12.9. The van der Waals surface area contributed by atoms with Crippen LogP contribution in [0.1, 0.15) is 48.5 Å². The minimum Gasteiger partial charge on any atom is -0.371 e. The smallest absolute Gasteiger partial charge is 0.323 e. The zero-order chi connectivity index (χ0) is 22.0. The number of rotatable bonds is 5. The van der Waals surface area contributed by atoms with Crippen LogP contribution in [0, 0.1) is 12.8 Å². The molecule has 1 saturated heterocycles. The van der Waals surface area contributed by atoms with E-state index >= 15 is 0 Å². The molecule has 0 radical (unpaired) electrons. The molecule has 1 aliphatic heterocycles. The van der Waals surface area contributed by atoms with E-state index in [9.17, 15) is 9.59 Å². The van der Waals surface area contributed by atoms with Gasteiger partial charge >= 0.3 is 6.03 Å². The summed E-state index contributed by atoms with van der Waals surface area (Å²) in [6, 6.07) is 10.8. The van der Waals surface area contributed by atoms with Gasteiger partial charge < -0.3 is 20.9 Å². The summed E-state index contributed by atoms with van der Waals surface area (Å²) < 4.78 is 0. The molecule has 31 heavy (non-hydrogen) atoms. The van der Waals surface area contributed by atoms with Crippen LogP contribution in [0.15, 0.2) is 36.4 Å². The summed E-state index contributed by atoms with van der Waals surface area (Å²) in [5.74, 6) is 0.630. The van der Waals surface area contributed by atoms with E-state index in [0.717, 1.165) is 50.0 Å². The Labute approximate surface area is 188 Å². The topological polar surface area (TPSA) is 73.5 Å². The summed E-state index contributed by atoms with van der Waals surface area (Å²) in [6.45, 7) is 6.05. The van der Waals surface area contributed by atoms with Crippen LogP contribution in [-0.2, 0) is 0 Å². The van der Waals surface area contributed by atoms with Crippen LogP contribution in [0.3, 0.4) is 0 Å². The molecule has 1 heterocycles. The molecule has 2 aromatic rings. The number of carbonyl (C=O) groups excluding carboxylic acids is 2. The molecule has 2 aliphatic rings. The fourth-order valence-electron chi connectivity index (χ4n) is 3.78. The van der Waals surface area contributed by atoms with Gasteiger partial charge in [0.05, 0.1) is 5.56 Å². The molecule has 6 nitrogen and oxygen atoms in total. The minimum absolute atomic E-state index is 0.0782. The highest BCUT2D eigenvalue weighted by atomic mass is 35.5. The molecule has 1 saturated carbocycles. The first-order chi connectivity index (χ1) is 14.9. The Bertz CT molecular complexity index is 982. The standard InChI is InChI=1S/C24H29ClN4O2/c1-15-9-11-29(12-10-15)22-8-7-18(13-20(22)23(30)26-17-5-6-17)27-24(31)28-19-4-3-16(2)21(25)14-19/h3-4,7-8,13-15,17H,5-6,9-12H2,1-2H3,(H,26,30)(H2,27,28,31). The third kappa shape index (κ3) is 5.50. The number of urea groups is 1. The molecule has 0 bridgehead atoms. The normalized spacial score (nSPS) is 16.7. The number of aryl methyl sites for hydroxylation is 1. The average Bonchev–Trinajstić information content (AvgIpc) is 3.55. The van der Waals surface area contributed by atoms with E-state index in [1.165, 1.54) is 0 Å². The number of benzene rings is 2. The maximum absolute atomic E-state index is 12.9. The predicted molar refractivity (Wildman–Crippen MR) is 126 cm³/mol. The predicted octanol–water partition coefficient (Wildman–Crippen LogP) is 5.42. The molecule has 2 aromatic carbocycles. The number of anilines is 3. The zero-order valence-corrected chi connectivity index (χ0v) is 18.8. The van der Waals surface area contributed by atoms with E-state index in [0.29, 0.717) is 27.9 Å². The van der Waals surface area contributed by atoms with Gasteiger partial charge in [-0.25, -0.2) is 4.79 Å². The zero-order valence-electron chi connectivity index (χ0n) is 18.0. The Morgan fingerprint density at radius 3 is 2.26 bits per heavy atom. The first-order valence-corrected chi connectivity index (χ1v) is 11.3. The second-order valence-corrected chi connectivity index (χ2v) is 9.10. The van der Waals surface area contributed by atoms with Gasteiger partial charge in [-0.15, -0.1) is 0 Å². The van der Waals surface area contributed by atoms with Crippen LogP contribution in [0.4, 0.5) is 21.9 Å². The van der Waals surface area contributed by atoms with Crippen LogP contribution < -0.4 is 20.9 Å². The third-order valence-electron chi connectivity index (χ3n) is 5.97. The fourth-order valence-corrected chi connectivity index (χ4v) is 3.96. The van der Waals surface area contributed by atoms with Crippen LogP contribution in [0.25, 0.3) is 0 Å². The highest BCUT2D eigenvalue weighted by Gasteiger charge is 2.27. The van der Waals surface area contributed by atoms with Gasteiger partial charge in [-0.05, 0) is 74.4 Å². The highest BCUT2D eigenvalue weighted by molar-refractivity contribution is 6.31. The molecular weight excluding hydrogens is 412 g/mol. The van der Waals surface area contributed by atoms with E-state index in [-0.39, 0.29) is 18.0 Å². The molecule has 2 fully saturated rings. The summed E-state index contributed by atoms with van der Waals surface area (Å²) >= 11 is 6.14. The largest absolute Gasteiger partial charge is 0.371 e. The van der Waals surface area contributed by atoms with E-state index in [1.54, 1.807) is 18.2 Å². The monoisotopic (exact) mass is 440 g/mol. The lowest BCUT2D eigenvalue weighted by molar-refractivity contribution is 0.0951. The molecule has 4 rings (SSSR count). The van der Waals surface area contributed by atoms with Crippen LogP contribution in [0.5, 0.6) is 0 Å². The molecule has 1 aliphatic carbocycles. The first kappa shape index (κ1) is 21.5. The van der Waals surface area contributed by atoms with Crippen molar-refractivity contribution >= 4 is 40.6 Å². The molecule has 0 aromatic heterocycles. The molecule has 3 amide bonds. The van der Waals surface area contributed by atoms with Crippen molar-refractivity contribution < 1.29 is 9.59 Å². The third-order valence-corrected chi connectivity index (χ3v) is 6.37. The van der Waals surface area contributed by atoms with Gasteiger partial charge in [0, 0.05) is 41.2 Å². The number of halogens is 1. The summed E-state index contributed by atoms with van der Waals surface area (Å²) in [4.78, 5) is 27.7. The number of hydrogen-bond acceptors (Lipinski definition) is 3. The van der Waals surface area contributed by atoms with Gasteiger partial charge in [-0.2, -0.15) is 0 Å². The van der Waals surface area contributed by atoms with Crippen molar-refractivity contribution in [2.45, 2.75) is 45.6 Å². The molecular formula is C24H29ClN4O2. The lowest BCUT2D eigenvalue weighted by atomic mass is 9.98. The molecule has 7 heteroatoms. The summed E-state index contributed by atoms with van der Waals surface area (Å²) in [5.41, 5.74) is 3.67. The van der Waals surface area contributed by atoms with E-state index in [2.05, 4.69) is 27.8 Å². The molecule has 3 N–H and O–H groups in total.